The van der Waals surface area contributed by atoms with Gasteiger partial charge in [-0.2, -0.15) is 0 Å². The molecule has 2 amide bonds. The highest BCUT2D eigenvalue weighted by molar-refractivity contribution is 9.10. The van der Waals surface area contributed by atoms with Crippen molar-refractivity contribution >= 4 is 39.1 Å². The number of nitrogens with zero attached hydrogens (tertiary/aromatic N) is 1. The highest BCUT2D eigenvalue weighted by Crippen LogP contribution is 2.35. The van der Waals surface area contributed by atoms with E-state index in [0.29, 0.717) is 29.2 Å². The molecule has 0 aliphatic carbocycles. The number of nitrogens with one attached hydrogen (secondary N) is 1. The van der Waals surface area contributed by atoms with Crippen molar-refractivity contribution in [1.29, 1.82) is 0 Å². The molecule has 0 atom stereocenters. The summed E-state index contributed by atoms with van der Waals surface area (Å²) >= 11 is 3.39. The van der Waals surface area contributed by atoms with E-state index in [4.69, 9.17) is 4.74 Å². The zero-order valence-corrected chi connectivity index (χ0v) is 16.5. The average molecular weight is 437 g/mol. The molecular formula is C22H17BrN2O3. The summed E-state index contributed by atoms with van der Waals surface area (Å²) in [6, 6.07) is 22.3. The molecule has 1 aliphatic heterocycles. The standard InChI is InChI=1S/C22H17BrN2O3/c23-18-9-5-4-8-17(18)22(27)24-16-10-11-20-19(12-16)25(21(26)14-28-20)13-15-6-2-1-3-7-15/h1-12H,13-14H2,(H,24,27). The Balaban J connectivity index is 1.61. The van der Waals surface area contributed by atoms with Gasteiger partial charge in [-0.15, -0.1) is 0 Å². The highest BCUT2D eigenvalue weighted by Gasteiger charge is 2.26. The molecule has 0 saturated carbocycles. The highest BCUT2D eigenvalue weighted by atomic mass is 79.9. The first kappa shape index (κ1) is 18.3. The van der Waals surface area contributed by atoms with Gasteiger partial charge >= 0.3 is 0 Å². The molecule has 0 fully saturated rings. The molecule has 3 aromatic rings. The Morgan fingerprint density at radius 2 is 1.79 bits per heavy atom. The van der Waals surface area contributed by atoms with Gasteiger partial charge in [0.15, 0.2) is 6.61 Å². The van der Waals surface area contributed by atoms with Gasteiger partial charge < -0.3 is 15.0 Å². The van der Waals surface area contributed by atoms with Crippen LogP contribution in [-0.4, -0.2) is 18.4 Å². The molecule has 0 radical (unpaired) electrons. The molecule has 1 aliphatic rings. The Morgan fingerprint density at radius 3 is 2.57 bits per heavy atom. The molecule has 0 spiro atoms. The molecule has 140 valence electrons. The van der Waals surface area contributed by atoms with Crippen LogP contribution in [-0.2, 0) is 11.3 Å². The number of fused-ring (bicyclic) bond motifs is 1. The van der Waals surface area contributed by atoms with Crippen molar-refractivity contribution in [1.82, 2.24) is 0 Å². The normalized spacial score (nSPS) is 12.9. The first-order chi connectivity index (χ1) is 13.6. The lowest BCUT2D eigenvalue weighted by atomic mass is 10.1. The summed E-state index contributed by atoms with van der Waals surface area (Å²) in [6.07, 6.45) is 0. The molecule has 5 nitrogen and oxygen atoms in total. The van der Waals surface area contributed by atoms with E-state index >= 15 is 0 Å². The Kier molecular flexibility index (Phi) is 5.12. The van der Waals surface area contributed by atoms with E-state index in [1.54, 1.807) is 35.2 Å². The van der Waals surface area contributed by atoms with Gasteiger partial charge in [0.25, 0.3) is 11.8 Å². The molecule has 4 rings (SSSR count). The van der Waals surface area contributed by atoms with Crippen LogP contribution in [0.3, 0.4) is 0 Å². The van der Waals surface area contributed by atoms with Gasteiger partial charge in [-0.25, -0.2) is 0 Å². The molecule has 28 heavy (non-hydrogen) atoms. The fraction of sp³-hybridized carbons (Fsp3) is 0.0909. The summed E-state index contributed by atoms with van der Waals surface area (Å²) < 4.78 is 6.27. The van der Waals surface area contributed by atoms with Crippen LogP contribution in [0.25, 0.3) is 0 Å². The first-order valence-electron chi connectivity index (χ1n) is 8.79. The van der Waals surface area contributed by atoms with Gasteiger partial charge in [0.1, 0.15) is 5.75 Å². The number of hydrogen-bond donors (Lipinski definition) is 1. The third-order valence-corrected chi connectivity index (χ3v) is 5.15. The van der Waals surface area contributed by atoms with Gasteiger partial charge in [-0.1, -0.05) is 42.5 Å². The molecule has 1 N–H and O–H groups in total. The van der Waals surface area contributed by atoms with E-state index in [1.165, 1.54) is 0 Å². The minimum Gasteiger partial charge on any atom is -0.482 e. The Bertz CT molecular complexity index is 1040. The topological polar surface area (TPSA) is 58.6 Å². The molecule has 3 aromatic carbocycles. The maximum Gasteiger partial charge on any atom is 0.265 e. The molecule has 0 unspecified atom stereocenters. The predicted octanol–water partition coefficient (Wildman–Crippen LogP) is 4.63. The van der Waals surface area contributed by atoms with Crippen molar-refractivity contribution in [3.8, 4) is 5.75 Å². The number of amides is 2. The fourth-order valence-corrected chi connectivity index (χ4v) is 3.53. The summed E-state index contributed by atoms with van der Waals surface area (Å²) in [4.78, 5) is 26.7. The summed E-state index contributed by atoms with van der Waals surface area (Å²) in [5, 5.41) is 2.89. The van der Waals surface area contributed by atoms with Gasteiger partial charge in [0.2, 0.25) is 0 Å². The van der Waals surface area contributed by atoms with Crippen molar-refractivity contribution in [2.24, 2.45) is 0 Å². The van der Waals surface area contributed by atoms with Crippen molar-refractivity contribution in [3.63, 3.8) is 0 Å². The van der Waals surface area contributed by atoms with E-state index in [0.717, 1.165) is 10.0 Å². The summed E-state index contributed by atoms with van der Waals surface area (Å²) in [7, 11) is 0. The second kappa shape index (κ2) is 7.86. The third-order valence-electron chi connectivity index (χ3n) is 4.46. The summed E-state index contributed by atoms with van der Waals surface area (Å²) in [5.41, 5.74) is 2.79. The number of anilines is 2. The van der Waals surface area contributed by atoms with Crippen molar-refractivity contribution in [2.75, 3.05) is 16.8 Å². The number of ether oxygens (including phenoxy) is 1. The summed E-state index contributed by atoms with van der Waals surface area (Å²) in [6.45, 7) is 0.445. The minimum absolute atomic E-state index is 0.00248. The van der Waals surface area contributed by atoms with Crippen LogP contribution in [0.15, 0.2) is 77.3 Å². The SMILES string of the molecule is O=C(Nc1ccc2c(c1)N(Cc1ccccc1)C(=O)CO2)c1ccccc1Br. The number of hydrogen-bond acceptors (Lipinski definition) is 3. The van der Waals surface area contributed by atoms with Crippen molar-refractivity contribution < 1.29 is 14.3 Å². The minimum atomic E-state index is -0.231. The third kappa shape index (κ3) is 3.77. The van der Waals surface area contributed by atoms with Crippen LogP contribution < -0.4 is 15.0 Å². The van der Waals surface area contributed by atoms with Crippen LogP contribution in [0, 0.1) is 0 Å². The quantitative estimate of drug-likeness (QED) is 0.648. The van der Waals surface area contributed by atoms with Crippen LogP contribution in [0.4, 0.5) is 11.4 Å². The molecule has 0 aromatic heterocycles. The smallest absolute Gasteiger partial charge is 0.265 e. The number of rotatable bonds is 4. The molecule has 1 heterocycles. The maximum absolute atomic E-state index is 12.6. The number of benzene rings is 3. The van der Waals surface area contributed by atoms with E-state index in [1.807, 2.05) is 42.5 Å². The largest absolute Gasteiger partial charge is 0.482 e. The zero-order valence-electron chi connectivity index (χ0n) is 14.9. The summed E-state index contributed by atoms with van der Waals surface area (Å²) in [5.74, 6) is 0.269. The Morgan fingerprint density at radius 1 is 1.04 bits per heavy atom. The van der Waals surface area contributed by atoms with Crippen LogP contribution in [0.5, 0.6) is 5.75 Å². The van der Waals surface area contributed by atoms with Crippen LogP contribution in [0.1, 0.15) is 15.9 Å². The van der Waals surface area contributed by atoms with Crippen LogP contribution >= 0.6 is 15.9 Å². The number of carbonyl (C=O) groups excluding carboxylic acids is 2. The van der Waals surface area contributed by atoms with E-state index < -0.39 is 0 Å². The Labute approximate surface area is 171 Å². The fourth-order valence-electron chi connectivity index (χ4n) is 3.06. The predicted molar refractivity (Wildman–Crippen MR) is 112 cm³/mol. The van der Waals surface area contributed by atoms with Gasteiger partial charge in [0, 0.05) is 10.2 Å². The van der Waals surface area contributed by atoms with Gasteiger partial charge in [-0.05, 0) is 51.8 Å². The lowest BCUT2D eigenvalue weighted by Gasteiger charge is -2.30. The maximum atomic E-state index is 12.6. The van der Waals surface area contributed by atoms with Gasteiger partial charge in [-0.3, -0.25) is 9.59 Å². The molecule has 0 bridgehead atoms. The second-order valence-corrected chi connectivity index (χ2v) is 7.22. The van der Waals surface area contributed by atoms with E-state index in [9.17, 15) is 9.59 Å². The van der Waals surface area contributed by atoms with Crippen LogP contribution in [0.2, 0.25) is 0 Å². The zero-order chi connectivity index (χ0) is 19.5. The lowest BCUT2D eigenvalue weighted by Crippen LogP contribution is -2.38. The van der Waals surface area contributed by atoms with Crippen molar-refractivity contribution in [3.05, 3.63) is 88.4 Å². The molecule has 0 saturated heterocycles. The lowest BCUT2D eigenvalue weighted by molar-refractivity contribution is -0.121. The molecule has 6 heteroatoms. The number of carbonyl (C=O) groups is 2. The molecular weight excluding hydrogens is 420 g/mol. The number of halogens is 1. The average Bonchev–Trinajstić information content (AvgIpc) is 2.71. The Hall–Kier alpha value is -3.12. The van der Waals surface area contributed by atoms with Gasteiger partial charge in [0.05, 0.1) is 17.8 Å². The van der Waals surface area contributed by atoms with E-state index in [2.05, 4.69) is 21.2 Å². The van der Waals surface area contributed by atoms with E-state index in [-0.39, 0.29) is 18.4 Å². The first-order valence-corrected chi connectivity index (χ1v) is 9.58. The second-order valence-electron chi connectivity index (χ2n) is 6.37. The monoisotopic (exact) mass is 436 g/mol. The van der Waals surface area contributed by atoms with Crippen molar-refractivity contribution in [2.45, 2.75) is 6.54 Å².